The Morgan fingerprint density at radius 2 is 2.47 bits per heavy atom. The van der Waals surface area contributed by atoms with E-state index in [1.54, 1.807) is 4.90 Å². The largest absolute Gasteiger partial charge is 0.445 e. The van der Waals surface area contributed by atoms with Crippen molar-refractivity contribution in [1.29, 1.82) is 0 Å². The molecule has 0 bridgehead atoms. The van der Waals surface area contributed by atoms with Gasteiger partial charge in [0.25, 0.3) is 5.56 Å². The highest BCUT2D eigenvalue weighted by atomic mass is 16.6. The summed E-state index contributed by atoms with van der Waals surface area (Å²) in [7, 11) is 0. The lowest BCUT2D eigenvalue weighted by Crippen LogP contribution is -2.49. The van der Waals surface area contributed by atoms with Crippen molar-refractivity contribution in [2.75, 3.05) is 19.7 Å². The SMILES string of the molecule is C=CCOC(=O)N1CC(c2nccc(=O)[nH]2)C1. The number of nitrogens with zero attached hydrogens (tertiary/aromatic N) is 2. The molecule has 1 aliphatic heterocycles. The Labute approximate surface area is 97.9 Å². The molecule has 2 rings (SSSR count). The summed E-state index contributed by atoms with van der Waals surface area (Å²) in [5, 5.41) is 0. The lowest BCUT2D eigenvalue weighted by molar-refractivity contribution is 0.0776. The van der Waals surface area contributed by atoms with Gasteiger partial charge in [0.05, 0.1) is 5.92 Å². The first kappa shape index (κ1) is 11.4. The molecule has 0 aliphatic carbocycles. The summed E-state index contributed by atoms with van der Waals surface area (Å²) in [5.74, 6) is 0.699. The average Bonchev–Trinajstić information content (AvgIpc) is 2.24. The number of H-pyrrole nitrogens is 1. The zero-order chi connectivity index (χ0) is 12.3. The Morgan fingerprint density at radius 3 is 3.12 bits per heavy atom. The molecule has 6 heteroatoms. The molecule has 0 spiro atoms. The summed E-state index contributed by atoms with van der Waals surface area (Å²) in [6.45, 7) is 4.70. The van der Waals surface area contributed by atoms with Crippen molar-refractivity contribution in [3.05, 3.63) is 41.1 Å². The molecule has 6 nitrogen and oxygen atoms in total. The van der Waals surface area contributed by atoms with E-state index in [2.05, 4.69) is 16.5 Å². The van der Waals surface area contributed by atoms with Gasteiger partial charge in [-0.3, -0.25) is 4.79 Å². The van der Waals surface area contributed by atoms with Gasteiger partial charge in [-0.2, -0.15) is 0 Å². The molecule has 0 radical (unpaired) electrons. The van der Waals surface area contributed by atoms with Crippen LogP contribution in [0.1, 0.15) is 11.7 Å². The van der Waals surface area contributed by atoms with Crippen LogP contribution < -0.4 is 5.56 Å². The zero-order valence-corrected chi connectivity index (χ0v) is 9.26. The summed E-state index contributed by atoms with van der Waals surface area (Å²) in [6, 6.07) is 1.36. The minimum absolute atomic E-state index is 0.0835. The molecule has 1 aliphatic rings. The standard InChI is InChI=1S/C11H13N3O3/c1-2-5-17-11(16)14-6-8(7-14)10-12-4-3-9(15)13-10/h2-4,8H,1,5-7H2,(H,12,13,15). The molecule has 2 heterocycles. The third kappa shape index (κ3) is 2.52. The molecule has 17 heavy (non-hydrogen) atoms. The van der Waals surface area contributed by atoms with Gasteiger partial charge >= 0.3 is 6.09 Å². The molecule has 1 amide bonds. The molecule has 0 aromatic carbocycles. The van der Waals surface area contributed by atoms with Crippen molar-refractivity contribution in [2.24, 2.45) is 0 Å². The zero-order valence-electron chi connectivity index (χ0n) is 9.26. The number of hydrogen-bond acceptors (Lipinski definition) is 4. The van der Waals surface area contributed by atoms with Gasteiger partial charge in [-0.1, -0.05) is 12.7 Å². The van der Waals surface area contributed by atoms with Crippen molar-refractivity contribution in [3.8, 4) is 0 Å². The van der Waals surface area contributed by atoms with E-state index in [9.17, 15) is 9.59 Å². The van der Waals surface area contributed by atoms with Gasteiger partial charge in [-0.05, 0) is 0 Å². The van der Waals surface area contributed by atoms with Crippen LogP contribution in [-0.4, -0.2) is 40.7 Å². The van der Waals surface area contributed by atoms with Crippen LogP contribution in [0.3, 0.4) is 0 Å². The number of ether oxygens (including phenoxy) is 1. The lowest BCUT2D eigenvalue weighted by atomic mass is 10.0. The van der Waals surface area contributed by atoms with Gasteiger partial charge in [-0.25, -0.2) is 9.78 Å². The molecule has 1 fully saturated rings. The Hall–Kier alpha value is -2.11. The molecule has 90 valence electrons. The quantitative estimate of drug-likeness (QED) is 0.774. The molecule has 0 unspecified atom stereocenters. The van der Waals surface area contributed by atoms with E-state index in [-0.39, 0.29) is 24.2 Å². The van der Waals surface area contributed by atoms with Gasteiger partial charge in [-0.15, -0.1) is 0 Å². The molecular weight excluding hydrogens is 222 g/mol. The van der Waals surface area contributed by atoms with Gasteiger partial charge in [0.1, 0.15) is 12.4 Å². The van der Waals surface area contributed by atoms with Crippen molar-refractivity contribution in [2.45, 2.75) is 5.92 Å². The molecule has 1 aromatic rings. The van der Waals surface area contributed by atoms with Crippen LogP contribution in [0.2, 0.25) is 0 Å². The van der Waals surface area contributed by atoms with Crippen LogP contribution in [0.25, 0.3) is 0 Å². The highest BCUT2D eigenvalue weighted by Gasteiger charge is 2.34. The van der Waals surface area contributed by atoms with Crippen molar-refractivity contribution in [3.63, 3.8) is 0 Å². The summed E-state index contributed by atoms with van der Waals surface area (Å²) in [5.41, 5.74) is -0.178. The minimum Gasteiger partial charge on any atom is -0.445 e. The Morgan fingerprint density at radius 1 is 1.71 bits per heavy atom. The lowest BCUT2D eigenvalue weighted by Gasteiger charge is -2.37. The highest BCUT2D eigenvalue weighted by Crippen LogP contribution is 2.23. The van der Waals surface area contributed by atoms with E-state index in [0.717, 1.165) is 0 Å². The van der Waals surface area contributed by atoms with E-state index < -0.39 is 0 Å². The number of carbonyl (C=O) groups is 1. The van der Waals surface area contributed by atoms with Crippen molar-refractivity contribution < 1.29 is 9.53 Å². The first-order chi connectivity index (χ1) is 8.20. The van der Waals surface area contributed by atoms with Crippen LogP contribution in [0, 0.1) is 0 Å². The first-order valence-electron chi connectivity index (χ1n) is 5.28. The number of hydrogen-bond donors (Lipinski definition) is 1. The molecule has 0 saturated carbocycles. The average molecular weight is 235 g/mol. The number of carbonyl (C=O) groups excluding carboxylic acids is 1. The number of nitrogens with one attached hydrogen (secondary N) is 1. The van der Waals surface area contributed by atoms with Gasteiger partial charge < -0.3 is 14.6 Å². The van der Waals surface area contributed by atoms with Crippen LogP contribution in [0.5, 0.6) is 0 Å². The Balaban J connectivity index is 1.88. The van der Waals surface area contributed by atoms with E-state index in [0.29, 0.717) is 18.9 Å². The second-order valence-corrected chi connectivity index (χ2v) is 3.79. The fourth-order valence-corrected chi connectivity index (χ4v) is 1.61. The smallest absolute Gasteiger partial charge is 0.410 e. The molecular formula is C11H13N3O3. The maximum Gasteiger partial charge on any atom is 0.410 e. The minimum atomic E-state index is -0.362. The number of aromatic amines is 1. The van der Waals surface area contributed by atoms with Crippen LogP contribution >= 0.6 is 0 Å². The third-order valence-corrected chi connectivity index (χ3v) is 2.54. The predicted octanol–water partition coefficient (Wildman–Crippen LogP) is 0.492. The molecule has 1 saturated heterocycles. The monoisotopic (exact) mass is 235 g/mol. The van der Waals surface area contributed by atoms with Crippen LogP contribution in [0.4, 0.5) is 4.79 Å². The van der Waals surface area contributed by atoms with E-state index in [4.69, 9.17) is 4.74 Å². The number of rotatable bonds is 3. The van der Waals surface area contributed by atoms with Crippen molar-refractivity contribution in [1.82, 2.24) is 14.9 Å². The Kier molecular flexibility index (Phi) is 3.22. The van der Waals surface area contributed by atoms with Crippen molar-refractivity contribution >= 4 is 6.09 Å². The molecule has 1 N–H and O–H groups in total. The first-order valence-corrected chi connectivity index (χ1v) is 5.28. The van der Waals surface area contributed by atoms with E-state index in [1.807, 2.05) is 0 Å². The van der Waals surface area contributed by atoms with Crippen LogP contribution in [0.15, 0.2) is 29.7 Å². The second kappa shape index (κ2) is 4.82. The summed E-state index contributed by atoms with van der Waals surface area (Å²) >= 11 is 0. The predicted molar refractivity (Wildman–Crippen MR) is 60.7 cm³/mol. The number of aromatic nitrogens is 2. The number of likely N-dealkylation sites (tertiary alicyclic amines) is 1. The topological polar surface area (TPSA) is 75.3 Å². The summed E-state index contributed by atoms with van der Waals surface area (Å²) in [4.78, 5) is 30.7. The second-order valence-electron chi connectivity index (χ2n) is 3.79. The third-order valence-electron chi connectivity index (χ3n) is 2.54. The van der Waals surface area contributed by atoms with Gasteiger partial charge in [0.2, 0.25) is 0 Å². The van der Waals surface area contributed by atoms with E-state index in [1.165, 1.54) is 18.3 Å². The normalized spacial score (nSPS) is 15.2. The number of amides is 1. The fourth-order valence-electron chi connectivity index (χ4n) is 1.61. The van der Waals surface area contributed by atoms with Crippen LogP contribution in [-0.2, 0) is 4.74 Å². The summed E-state index contributed by atoms with van der Waals surface area (Å²) < 4.78 is 4.88. The summed E-state index contributed by atoms with van der Waals surface area (Å²) in [6.07, 6.45) is 2.62. The maximum atomic E-state index is 11.4. The van der Waals surface area contributed by atoms with E-state index >= 15 is 0 Å². The van der Waals surface area contributed by atoms with Gasteiger partial charge in [0, 0.05) is 25.4 Å². The molecule has 1 aromatic heterocycles. The Bertz CT molecular complexity index is 477. The maximum absolute atomic E-state index is 11.4. The molecule has 0 atom stereocenters. The highest BCUT2D eigenvalue weighted by molar-refractivity contribution is 5.69. The van der Waals surface area contributed by atoms with Gasteiger partial charge in [0.15, 0.2) is 0 Å². The fraction of sp³-hybridized carbons (Fsp3) is 0.364.